The lowest BCUT2D eigenvalue weighted by Crippen LogP contribution is -2.06. The van der Waals surface area contributed by atoms with Crippen molar-refractivity contribution in [1.82, 2.24) is 14.6 Å². The Hall–Kier alpha value is -1.24. The summed E-state index contributed by atoms with van der Waals surface area (Å²) in [7, 11) is 0. The number of halogens is 3. The molecule has 0 spiro atoms. The van der Waals surface area contributed by atoms with E-state index in [1.165, 1.54) is 22.2 Å². The molecule has 0 saturated carbocycles. The first-order chi connectivity index (χ1) is 9.02. The molecule has 0 unspecified atom stereocenters. The quantitative estimate of drug-likeness (QED) is 0.615. The minimum atomic E-state index is -4.34. The molecule has 0 aliphatic heterocycles. The van der Waals surface area contributed by atoms with Gasteiger partial charge < -0.3 is 0 Å². The highest BCUT2D eigenvalue weighted by Gasteiger charge is 2.31. The molecular weight excluding hydrogens is 275 g/mol. The number of pyridine rings is 1. The molecule has 0 N–H and O–H groups in total. The fourth-order valence-electron chi connectivity index (χ4n) is 1.65. The van der Waals surface area contributed by atoms with Gasteiger partial charge in [-0.1, -0.05) is 31.5 Å². The maximum Gasteiger partial charge on any atom is 0.417 e. The first-order valence-corrected chi connectivity index (χ1v) is 7.05. The minimum Gasteiger partial charge on any atom is -0.277 e. The Morgan fingerprint density at radius 1 is 1.21 bits per heavy atom. The Morgan fingerprint density at radius 2 is 2.00 bits per heavy atom. The molecule has 0 amide bonds. The SMILES string of the molecule is CCCCCSc1nnc2ccc(C(F)(F)F)cn12. The summed E-state index contributed by atoms with van der Waals surface area (Å²) >= 11 is 1.44. The van der Waals surface area contributed by atoms with Gasteiger partial charge >= 0.3 is 6.18 Å². The van der Waals surface area contributed by atoms with E-state index in [2.05, 4.69) is 17.1 Å². The van der Waals surface area contributed by atoms with Crippen LogP contribution in [0.25, 0.3) is 5.65 Å². The highest BCUT2D eigenvalue weighted by molar-refractivity contribution is 7.99. The van der Waals surface area contributed by atoms with Crippen molar-refractivity contribution >= 4 is 17.4 Å². The van der Waals surface area contributed by atoms with Crippen LogP contribution >= 0.6 is 11.8 Å². The molecule has 19 heavy (non-hydrogen) atoms. The van der Waals surface area contributed by atoms with Crippen LogP contribution in [0.4, 0.5) is 13.2 Å². The van der Waals surface area contributed by atoms with Gasteiger partial charge in [0.05, 0.1) is 5.56 Å². The van der Waals surface area contributed by atoms with Crippen LogP contribution < -0.4 is 0 Å². The van der Waals surface area contributed by atoms with Gasteiger partial charge in [0.15, 0.2) is 10.8 Å². The number of hydrogen-bond acceptors (Lipinski definition) is 3. The number of nitrogens with zero attached hydrogens (tertiary/aromatic N) is 3. The van der Waals surface area contributed by atoms with Crippen LogP contribution in [0.1, 0.15) is 31.7 Å². The maximum atomic E-state index is 12.6. The summed E-state index contributed by atoms with van der Waals surface area (Å²) in [5.74, 6) is 0.838. The van der Waals surface area contributed by atoms with E-state index in [0.717, 1.165) is 37.3 Å². The number of rotatable bonds is 5. The lowest BCUT2D eigenvalue weighted by atomic mass is 10.3. The average molecular weight is 289 g/mol. The Bertz CT molecular complexity index is 551. The number of unbranched alkanes of at least 4 members (excludes halogenated alkanes) is 2. The monoisotopic (exact) mass is 289 g/mol. The summed E-state index contributed by atoms with van der Waals surface area (Å²) in [6, 6.07) is 2.36. The van der Waals surface area contributed by atoms with Crippen molar-refractivity contribution in [2.24, 2.45) is 0 Å². The van der Waals surface area contributed by atoms with Gasteiger partial charge in [-0.25, -0.2) is 0 Å². The molecule has 2 aromatic heterocycles. The van der Waals surface area contributed by atoms with Gasteiger partial charge in [0.25, 0.3) is 0 Å². The molecule has 2 aromatic rings. The van der Waals surface area contributed by atoms with Crippen molar-refractivity contribution in [3.8, 4) is 0 Å². The lowest BCUT2D eigenvalue weighted by Gasteiger charge is -2.07. The van der Waals surface area contributed by atoms with Crippen LogP contribution in [0, 0.1) is 0 Å². The fraction of sp³-hybridized carbons (Fsp3) is 0.500. The zero-order chi connectivity index (χ0) is 13.9. The zero-order valence-corrected chi connectivity index (χ0v) is 11.3. The highest BCUT2D eigenvalue weighted by Crippen LogP contribution is 2.30. The highest BCUT2D eigenvalue weighted by atomic mass is 32.2. The van der Waals surface area contributed by atoms with Gasteiger partial charge in [0.2, 0.25) is 0 Å². The first-order valence-electron chi connectivity index (χ1n) is 6.07. The van der Waals surface area contributed by atoms with E-state index in [9.17, 15) is 13.2 Å². The van der Waals surface area contributed by atoms with Gasteiger partial charge in [-0.2, -0.15) is 13.2 Å². The summed E-state index contributed by atoms with van der Waals surface area (Å²) in [5.41, 5.74) is -0.249. The van der Waals surface area contributed by atoms with Gasteiger partial charge in [-0.15, -0.1) is 10.2 Å². The van der Waals surface area contributed by atoms with E-state index in [1.807, 2.05) is 0 Å². The smallest absolute Gasteiger partial charge is 0.277 e. The van der Waals surface area contributed by atoms with E-state index in [1.54, 1.807) is 0 Å². The van der Waals surface area contributed by atoms with Crippen LogP contribution in [-0.4, -0.2) is 20.4 Å². The second-order valence-corrected chi connectivity index (χ2v) is 5.24. The predicted molar refractivity (Wildman–Crippen MR) is 68.2 cm³/mol. The Labute approximate surface area is 113 Å². The zero-order valence-electron chi connectivity index (χ0n) is 10.4. The first kappa shape index (κ1) is 14.2. The molecular formula is C12H14F3N3S. The minimum absolute atomic E-state index is 0.436. The summed E-state index contributed by atoms with van der Waals surface area (Å²) < 4.78 is 39.3. The van der Waals surface area contributed by atoms with Crippen molar-refractivity contribution < 1.29 is 13.2 Å². The Balaban J connectivity index is 2.20. The van der Waals surface area contributed by atoms with Crippen LogP contribution in [0.2, 0.25) is 0 Å². The number of thioether (sulfide) groups is 1. The van der Waals surface area contributed by atoms with E-state index < -0.39 is 11.7 Å². The second-order valence-electron chi connectivity index (χ2n) is 4.18. The third-order valence-corrected chi connectivity index (χ3v) is 3.71. The molecule has 0 aromatic carbocycles. The van der Waals surface area contributed by atoms with Gasteiger partial charge in [-0.05, 0) is 18.6 Å². The largest absolute Gasteiger partial charge is 0.417 e. The summed E-state index contributed by atoms with van der Waals surface area (Å²) in [5, 5.41) is 8.30. The number of alkyl halides is 3. The average Bonchev–Trinajstić information content (AvgIpc) is 2.76. The molecule has 2 heterocycles. The van der Waals surface area contributed by atoms with Gasteiger partial charge in [-0.3, -0.25) is 4.40 Å². The molecule has 0 aliphatic rings. The standard InChI is InChI=1S/C12H14F3N3S/c1-2-3-4-7-19-11-17-16-10-6-5-9(8-18(10)11)12(13,14)15/h5-6,8H,2-4,7H2,1H3. The molecule has 3 nitrogen and oxygen atoms in total. The molecule has 0 bridgehead atoms. The van der Waals surface area contributed by atoms with E-state index in [4.69, 9.17) is 0 Å². The van der Waals surface area contributed by atoms with Gasteiger partial charge in [0, 0.05) is 11.9 Å². The van der Waals surface area contributed by atoms with Crippen molar-refractivity contribution in [1.29, 1.82) is 0 Å². The van der Waals surface area contributed by atoms with Crippen LogP contribution in [0.15, 0.2) is 23.5 Å². The van der Waals surface area contributed by atoms with Crippen molar-refractivity contribution in [2.45, 2.75) is 37.5 Å². The topological polar surface area (TPSA) is 30.2 Å². The van der Waals surface area contributed by atoms with Crippen LogP contribution in [-0.2, 0) is 6.18 Å². The Kier molecular flexibility index (Phi) is 4.34. The summed E-state index contributed by atoms with van der Waals surface area (Å²) in [6.45, 7) is 2.10. The molecule has 2 rings (SSSR count). The third-order valence-electron chi connectivity index (χ3n) is 2.68. The Morgan fingerprint density at radius 3 is 2.68 bits per heavy atom. The predicted octanol–water partition coefficient (Wildman–Crippen LogP) is 4.03. The molecule has 0 aliphatic carbocycles. The van der Waals surface area contributed by atoms with E-state index in [0.29, 0.717) is 10.8 Å². The van der Waals surface area contributed by atoms with Crippen molar-refractivity contribution in [3.63, 3.8) is 0 Å². The van der Waals surface area contributed by atoms with Gasteiger partial charge in [0.1, 0.15) is 0 Å². The van der Waals surface area contributed by atoms with Crippen molar-refractivity contribution in [2.75, 3.05) is 5.75 Å². The molecule has 0 saturated heterocycles. The van der Waals surface area contributed by atoms with Crippen LogP contribution in [0.5, 0.6) is 0 Å². The van der Waals surface area contributed by atoms with E-state index in [-0.39, 0.29) is 0 Å². The molecule has 0 radical (unpaired) electrons. The molecule has 0 fully saturated rings. The number of fused-ring (bicyclic) bond motifs is 1. The second kappa shape index (κ2) is 5.81. The van der Waals surface area contributed by atoms with E-state index >= 15 is 0 Å². The number of hydrogen-bond donors (Lipinski definition) is 0. The molecule has 104 valence electrons. The summed E-state index contributed by atoms with van der Waals surface area (Å²) in [4.78, 5) is 0. The number of aromatic nitrogens is 3. The summed E-state index contributed by atoms with van der Waals surface area (Å²) in [6.07, 6.45) is -0.0496. The van der Waals surface area contributed by atoms with Crippen molar-refractivity contribution in [3.05, 3.63) is 23.9 Å². The fourth-order valence-corrected chi connectivity index (χ4v) is 2.57. The lowest BCUT2D eigenvalue weighted by molar-refractivity contribution is -0.137. The molecule has 7 heteroatoms. The third kappa shape index (κ3) is 3.40. The normalized spacial score (nSPS) is 12.2. The van der Waals surface area contributed by atoms with Crippen LogP contribution in [0.3, 0.4) is 0 Å². The maximum absolute atomic E-state index is 12.6. The molecule has 0 atom stereocenters.